The number of halogens is 1. The van der Waals surface area contributed by atoms with Gasteiger partial charge in [0.05, 0.1) is 0 Å². The first kappa shape index (κ1) is 14.3. The number of nitrogens with zero attached hydrogens (tertiary/aromatic N) is 1. The van der Waals surface area contributed by atoms with Crippen molar-refractivity contribution in [2.24, 2.45) is 0 Å². The summed E-state index contributed by atoms with van der Waals surface area (Å²) in [5.41, 5.74) is 4.56. The Morgan fingerprint density at radius 2 is 1.55 bits per heavy atom. The third-order valence-electron chi connectivity index (χ3n) is 3.73. The zero-order valence-electron chi connectivity index (χ0n) is 12.5. The van der Waals surface area contributed by atoms with Gasteiger partial charge in [-0.25, -0.2) is 4.39 Å². The van der Waals surface area contributed by atoms with Crippen molar-refractivity contribution in [3.63, 3.8) is 0 Å². The lowest BCUT2D eigenvalue weighted by atomic mass is 10.0. The topological polar surface area (TPSA) is 22.0 Å². The van der Waals surface area contributed by atoms with Crippen LogP contribution in [0.5, 0.6) is 0 Å². The molecular formula is C19H16FNO. The summed E-state index contributed by atoms with van der Waals surface area (Å²) in [7, 11) is 0. The predicted molar refractivity (Wildman–Crippen MR) is 86.9 cm³/mol. The first-order valence-corrected chi connectivity index (χ1v) is 7.11. The minimum Gasteiger partial charge on any atom is -0.284 e. The molecule has 0 bridgehead atoms. The van der Waals surface area contributed by atoms with Gasteiger partial charge in [-0.1, -0.05) is 29.8 Å². The highest BCUT2D eigenvalue weighted by Crippen LogP contribution is 2.23. The van der Waals surface area contributed by atoms with Crippen LogP contribution in [0.15, 0.2) is 65.6 Å². The molecule has 0 unspecified atom stereocenters. The van der Waals surface area contributed by atoms with E-state index in [0.29, 0.717) is 0 Å². The Balaban J connectivity index is 2.16. The highest BCUT2D eigenvalue weighted by atomic mass is 19.1. The van der Waals surface area contributed by atoms with Crippen LogP contribution in [0.3, 0.4) is 0 Å². The quantitative estimate of drug-likeness (QED) is 0.692. The molecule has 0 fully saturated rings. The summed E-state index contributed by atoms with van der Waals surface area (Å²) in [4.78, 5) is 12.3. The number of hydrogen-bond acceptors (Lipinski definition) is 1. The largest absolute Gasteiger partial charge is 0.284 e. The maximum atomic E-state index is 13.1. The lowest BCUT2D eigenvalue weighted by molar-refractivity contribution is 0.628. The summed E-state index contributed by atoms with van der Waals surface area (Å²) in [6.07, 6.45) is 1.82. The maximum Gasteiger partial charge on any atom is 0.255 e. The predicted octanol–water partition coefficient (Wildman–Crippen LogP) is 4.26. The smallest absolute Gasteiger partial charge is 0.255 e. The zero-order chi connectivity index (χ0) is 15.7. The summed E-state index contributed by atoms with van der Waals surface area (Å²) in [6.45, 7) is 3.89. The molecule has 0 aliphatic rings. The van der Waals surface area contributed by atoms with Gasteiger partial charge in [0.2, 0.25) is 0 Å². The molecule has 110 valence electrons. The van der Waals surface area contributed by atoms with Crippen LogP contribution in [0.4, 0.5) is 4.39 Å². The van der Waals surface area contributed by atoms with Crippen molar-refractivity contribution in [1.29, 1.82) is 0 Å². The highest BCUT2D eigenvalue weighted by molar-refractivity contribution is 5.66. The van der Waals surface area contributed by atoms with Crippen LogP contribution in [0.2, 0.25) is 0 Å². The van der Waals surface area contributed by atoms with Crippen LogP contribution < -0.4 is 5.56 Å². The molecule has 0 amide bonds. The van der Waals surface area contributed by atoms with Crippen molar-refractivity contribution in [1.82, 2.24) is 4.57 Å². The minimum absolute atomic E-state index is 0.0767. The molecule has 0 saturated carbocycles. The monoisotopic (exact) mass is 293 g/mol. The molecule has 0 atom stereocenters. The van der Waals surface area contributed by atoms with Crippen molar-refractivity contribution in [2.75, 3.05) is 0 Å². The summed E-state index contributed by atoms with van der Waals surface area (Å²) in [5.74, 6) is -0.270. The van der Waals surface area contributed by atoms with E-state index in [-0.39, 0.29) is 11.4 Å². The average molecular weight is 293 g/mol. The Morgan fingerprint density at radius 3 is 2.18 bits per heavy atom. The number of benzene rings is 2. The molecule has 3 heteroatoms. The van der Waals surface area contributed by atoms with Crippen LogP contribution in [-0.2, 0) is 0 Å². The lowest BCUT2D eigenvalue weighted by Crippen LogP contribution is -2.17. The standard InChI is InChI=1S/C19H16FNO/c1-13-3-9-17(10-4-13)21-12-18(14(2)11-19(21)22)15-5-7-16(20)8-6-15/h3-12H,1-2H3. The molecule has 1 heterocycles. The van der Waals surface area contributed by atoms with Gasteiger partial charge in [0.15, 0.2) is 0 Å². The first-order valence-electron chi connectivity index (χ1n) is 7.11. The molecular weight excluding hydrogens is 277 g/mol. The second kappa shape index (κ2) is 5.60. The Bertz CT molecular complexity index is 861. The molecule has 0 N–H and O–H groups in total. The highest BCUT2D eigenvalue weighted by Gasteiger charge is 2.07. The Labute approximate surface area is 128 Å². The van der Waals surface area contributed by atoms with Crippen molar-refractivity contribution < 1.29 is 4.39 Å². The van der Waals surface area contributed by atoms with Crippen LogP contribution in [0.1, 0.15) is 11.1 Å². The van der Waals surface area contributed by atoms with Crippen molar-refractivity contribution >= 4 is 0 Å². The SMILES string of the molecule is Cc1ccc(-n2cc(-c3ccc(F)cc3)c(C)cc2=O)cc1. The summed E-state index contributed by atoms with van der Waals surface area (Å²) < 4.78 is 14.7. The molecule has 1 aromatic heterocycles. The molecule has 0 aliphatic carbocycles. The van der Waals surface area contributed by atoms with Crippen LogP contribution in [0.25, 0.3) is 16.8 Å². The van der Waals surface area contributed by atoms with E-state index < -0.39 is 0 Å². The second-order valence-corrected chi connectivity index (χ2v) is 5.42. The van der Waals surface area contributed by atoms with E-state index in [1.165, 1.54) is 12.1 Å². The Hall–Kier alpha value is -2.68. The van der Waals surface area contributed by atoms with E-state index >= 15 is 0 Å². The van der Waals surface area contributed by atoms with Crippen molar-refractivity contribution in [2.45, 2.75) is 13.8 Å². The molecule has 0 aliphatic heterocycles. The third-order valence-corrected chi connectivity index (χ3v) is 3.73. The minimum atomic E-state index is -0.270. The van der Waals surface area contributed by atoms with E-state index in [4.69, 9.17) is 0 Å². The molecule has 2 aromatic carbocycles. The molecule has 0 spiro atoms. The normalized spacial score (nSPS) is 10.7. The van der Waals surface area contributed by atoms with E-state index in [2.05, 4.69) is 0 Å². The van der Waals surface area contributed by atoms with Gasteiger partial charge >= 0.3 is 0 Å². The van der Waals surface area contributed by atoms with Crippen LogP contribution >= 0.6 is 0 Å². The molecule has 2 nitrogen and oxygen atoms in total. The van der Waals surface area contributed by atoms with Gasteiger partial charge in [0, 0.05) is 23.5 Å². The van der Waals surface area contributed by atoms with Crippen molar-refractivity contribution in [3.8, 4) is 16.8 Å². The number of rotatable bonds is 2. The van der Waals surface area contributed by atoms with Gasteiger partial charge < -0.3 is 0 Å². The summed E-state index contributed by atoms with van der Waals surface area (Å²) in [6, 6.07) is 15.7. The van der Waals surface area contributed by atoms with E-state index in [0.717, 1.165) is 27.9 Å². The Kier molecular flexibility index (Phi) is 3.63. The third kappa shape index (κ3) is 2.70. The van der Waals surface area contributed by atoms with Gasteiger partial charge in [0.1, 0.15) is 5.82 Å². The second-order valence-electron chi connectivity index (χ2n) is 5.42. The Morgan fingerprint density at radius 1 is 0.909 bits per heavy atom. The first-order chi connectivity index (χ1) is 10.5. The fourth-order valence-electron chi connectivity index (χ4n) is 2.47. The average Bonchev–Trinajstić information content (AvgIpc) is 2.50. The number of hydrogen-bond donors (Lipinski definition) is 0. The van der Waals surface area contributed by atoms with Gasteiger partial charge in [-0.05, 0) is 49.2 Å². The fourth-order valence-corrected chi connectivity index (χ4v) is 2.47. The molecule has 22 heavy (non-hydrogen) atoms. The molecule has 3 aromatic rings. The molecule has 0 saturated heterocycles. The van der Waals surface area contributed by atoms with Gasteiger partial charge in [-0.3, -0.25) is 9.36 Å². The number of aryl methyl sites for hydroxylation is 2. The summed E-state index contributed by atoms with van der Waals surface area (Å²) >= 11 is 0. The van der Waals surface area contributed by atoms with Crippen LogP contribution in [-0.4, -0.2) is 4.57 Å². The number of aromatic nitrogens is 1. The van der Waals surface area contributed by atoms with Crippen molar-refractivity contribution in [3.05, 3.63) is 88.1 Å². The van der Waals surface area contributed by atoms with Gasteiger partial charge in [0.25, 0.3) is 5.56 Å². The van der Waals surface area contributed by atoms with E-state index in [1.807, 2.05) is 44.3 Å². The molecule has 0 radical (unpaired) electrons. The van der Waals surface area contributed by atoms with Crippen LogP contribution in [0, 0.1) is 19.7 Å². The maximum absolute atomic E-state index is 13.1. The van der Waals surface area contributed by atoms with Gasteiger partial charge in [-0.2, -0.15) is 0 Å². The number of pyridine rings is 1. The lowest BCUT2D eigenvalue weighted by Gasteiger charge is -2.12. The summed E-state index contributed by atoms with van der Waals surface area (Å²) in [5, 5.41) is 0. The van der Waals surface area contributed by atoms with Gasteiger partial charge in [-0.15, -0.1) is 0 Å². The van der Waals surface area contributed by atoms with E-state index in [1.54, 1.807) is 22.8 Å². The fraction of sp³-hybridized carbons (Fsp3) is 0.105. The van der Waals surface area contributed by atoms with E-state index in [9.17, 15) is 9.18 Å². The molecule has 3 rings (SSSR count). The zero-order valence-corrected chi connectivity index (χ0v) is 12.5.